The molecule has 0 amide bonds. The lowest BCUT2D eigenvalue weighted by atomic mass is 10.1. The second kappa shape index (κ2) is 7.21. The van der Waals surface area contributed by atoms with Crippen LogP contribution in [-0.4, -0.2) is 47.1 Å². The van der Waals surface area contributed by atoms with Gasteiger partial charge >= 0.3 is 0 Å². The van der Waals surface area contributed by atoms with Crippen molar-refractivity contribution in [2.45, 2.75) is 19.9 Å². The molecule has 20 heavy (non-hydrogen) atoms. The highest BCUT2D eigenvalue weighted by atomic mass is 16.4. The van der Waals surface area contributed by atoms with Crippen molar-refractivity contribution >= 4 is 5.84 Å². The summed E-state index contributed by atoms with van der Waals surface area (Å²) in [6.45, 7) is 7.56. The van der Waals surface area contributed by atoms with E-state index in [4.69, 9.17) is 10.9 Å². The van der Waals surface area contributed by atoms with Crippen LogP contribution in [0.2, 0.25) is 0 Å². The fraction of sp³-hybridized carbons (Fsp3) is 0.571. The molecule has 1 unspecified atom stereocenters. The molecule has 1 aliphatic heterocycles. The van der Waals surface area contributed by atoms with Crippen LogP contribution in [0, 0.1) is 5.92 Å². The molecule has 0 saturated carbocycles. The summed E-state index contributed by atoms with van der Waals surface area (Å²) in [6.07, 6.45) is 2.95. The van der Waals surface area contributed by atoms with E-state index in [0.717, 1.165) is 31.1 Å². The number of amidine groups is 1. The van der Waals surface area contributed by atoms with Gasteiger partial charge in [-0.05, 0) is 49.7 Å². The Morgan fingerprint density at radius 3 is 3.20 bits per heavy atom. The van der Waals surface area contributed by atoms with Crippen molar-refractivity contribution in [1.29, 1.82) is 0 Å². The minimum absolute atomic E-state index is 0.0428. The number of hydrogen-bond acceptors (Lipinski definition) is 5. The molecule has 110 valence electrons. The van der Waals surface area contributed by atoms with Gasteiger partial charge in [-0.25, -0.2) is 0 Å². The van der Waals surface area contributed by atoms with Crippen LogP contribution in [0.5, 0.6) is 0 Å². The second-order valence-electron chi connectivity index (χ2n) is 5.21. The molecular formula is C14H23N5O. The first kappa shape index (κ1) is 14.7. The molecule has 0 aliphatic carbocycles. The lowest BCUT2D eigenvalue weighted by Crippen LogP contribution is -2.26. The standard InChI is InChI=1S/C14H23N5O/c1-2-19-6-4-12(10-19)9-16-8-11-3-5-17-13(7-11)14(15)18-20/h3,5,7,12,16,20H,2,4,6,8-10H2,1H3,(H2,15,18). The predicted octanol–water partition coefficient (Wildman–Crippen LogP) is 0.608. The first-order valence-corrected chi connectivity index (χ1v) is 7.08. The third kappa shape index (κ3) is 3.91. The molecule has 1 aliphatic rings. The van der Waals surface area contributed by atoms with Crippen LogP contribution in [0.1, 0.15) is 24.6 Å². The van der Waals surface area contributed by atoms with Gasteiger partial charge < -0.3 is 21.2 Å². The number of nitrogens with one attached hydrogen (secondary N) is 1. The zero-order valence-electron chi connectivity index (χ0n) is 11.9. The SMILES string of the molecule is CCN1CCC(CNCc2ccnc(C(N)=NO)c2)C1. The molecule has 6 heteroatoms. The average molecular weight is 277 g/mol. The number of hydrogen-bond donors (Lipinski definition) is 3. The van der Waals surface area contributed by atoms with Gasteiger partial charge in [-0.1, -0.05) is 12.1 Å². The van der Waals surface area contributed by atoms with Crippen LogP contribution >= 0.6 is 0 Å². The fourth-order valence-corrected chi connectivity index (χ4v) is 2.56. The van der Waals surface area contributed by atoms with Crippen LogP contribution in [0.4, 0.5) is 0 Å². The molecule has 1 fully saturated rings. The highest BCUT2D eigenvalue weighted by Gasteiger charge is 2.20. The van der Waals surface area contributed by atoms with Crippen molar-refractivity contribution in [2.75, 3.05) is 26.2 Å². The normalized spacial score (nSPS) is 20.4. The topological polar surface area (TPSA) is 86.8 Å². The van der Waals surface area contributed by atoms with Crippen molar-refractivity contribution < 1.29 is 5.21 Å². The summed E-state index contributed by atoms with van der Waals surface area (Å²) in [7, 11) is 0. The molecule has 1 aromatic rings. The Labute approximate surface area is 119 Å². The largest absolute Gasteiger partial charge is 0.409 e. The van der Waals surface area contributed by atoms with E-state index in [9.17, 15) is 0 Å². The zero-order chi connectivity index (χ0) is 14.4. The summed E-state index contributed by atoms with van der Waals surface area (Å²) >= 11 is 0. The van der Waals surface area contributed by atoms with Gasteiger partial charge in [-0.2, -0.15) is 0 Å². The fourth-order valence-electron chi connectivity index (χ4n) is 2.56. The van der Waals surface area contributed by atoms with Crippen molar-refractivity contribution in [1.82, 2.24) is 15.2 Å². The summed E-state index contributed by atoms with van der Waals surface area (Å²) in [5.41, 5.74) is 7.13. The van der Waals surface area contributed by atoms with Gasteiger partial charge in [0.15, 0.2) is 5.84 Å². The second-order valence-corrected chi connectivity index (χ2v) is 5.21. The summed E-state index contributed by atoms with van der Waals surface area (Å²) in [4.78, 5) is 6.55. The number of aromatic nitrogens is 1. The van der Waals surface area contributed by atoms with Gasteiger partial charge in [0.25, 0.3) is 0 Å². The van der Waals surface area contributed by atoms with Crippen LogP contribution in [0.3, 0.4) is 0 Å². The third-order valence-corrected chi connectivity index (χ3v) is 3.77. The maximum atomic E-state index is 8.65. The van der Waals surface area contributed by atoms with E-state index in [-0.39, 0.29) is 5.84 Å². The minimum atomic E-state index is 0.0428. The van der Waals surface area contributed by atoms with E-state index >= 15 is 0 Å². The van der Waals surface area contributed by atoms with Gasteiger partial charge in [-0.3, -0.25) is 4.98 Å². The molecule has 0 bridgehead atoms. The molecule has 6 nitrogen and oxygen atoms in total. The number of likely N-dealkylation sites (tertiary alicyclic amines) is 1. The first-order valence-electron chi connectivity index (χ1n) is 7.08. The molecule has 1 atom stereocenters. The molecule has 2 heterocycles. The zero-order valence-corrected chi connectivity index (χ0v) is 11.9. The molecule has 4 N–H and O–H groups in total. The molecule has 0 radical (unpaired) electrons. The number of oxime groups is 1. The van der Waals surface area contributed by atoms with Crippen LogP contribution in [0.25, 0.3) is 0 Å². The molecule has 1 aromatic heterocycles. The predicted molar refractivity (Wildman–Crippen MR) is 78.7 cm³/mol. The molecule has 0 aromatic carbocycles. The molecule has 0 spiro atoms. The average Bonchev–Trinajstić information content (AvgIpc) is 2.95. The van der Waals surface area contributed by atoms with E-state index < -0.39 is 0 Å². The van der Waals surface area contributed by atoms with Gasteiger partial charge in [0.1, 0.15) is 5.69 Å². The minimum Gasteiger partial charge on any atom is -0.409 e. The maximum Gasteiger partial charge on any atom is 0.188 e. The lowest BCUT2D eigenvalue weighted by molar-refractivity contribution is 0.318. The van der Waals surface area contributed by atoms with Crippen LogP contribution in [0.15, 0.2) is 23.5 Å². The maximum absolute atomic E-state index is 8.65. The number of pyridine rings is 1. The van der Waals surface area contributed by atoms with Gasteiger partial charge in [0, 0.05) is 19.3 Å². The van der Waals surface area contributed by atoms with E-state index in [1.165, 1.54) is 19.5 Å². The van der Waals surface area contributed by atoms with E-state index in [0.29, 0.717) is 5.69 Å². The quantitative estimate of drug-likeness (QED) is 0.307. The Kier molecular flexibility index (Phi) is 5.31. The van der Waals surface area contributed by atoms with Crippen molar-refractivity contribution in [3.8, 4) is 0 Å². The summed E-state index contributed by atoms with van der Waals surface area (Å²) < 4.78 is 0. The van der Waals surface area contributed by atoms with Crippen molar-refractivity contribution in [3.05, 3.63) is 29.6 Å². The Hall–Kier alpha value is -1.66. The summed E-state index contributed by atoms with van der Waals surface area (Å²) in [5.74, 6) is 0.779. The smallest absolute Gasteiger partial charge is 0.188 e. The van der Waals surface area contributed by atoms with E-state index in [1.807, 2.05) is 12.1 Å². The number of nitrogens with two attached hydrogens (primary N) is 1. The molecule has 2 rings (SSSR count). The van der Waals surface area contributed by atoms with E-state index in [2.05, 4.69) is 27.3 Å². The van der Waals surface area contributed by atoms with Gasteiger partial charge in [-0.15, -0.1) is 0 Å². The van der Waals surface area contributed by atoms with E-state index in [1.54, 1.807) is 6.20 Å². The summed E-state index contributed by atoms with van der Waals surface area (Å²) in [5, 5.41) is 15.1. The Morgan fingerprint density at radius 1 is 1.65 bits per heavy atom. The van der Waals surface area contributed by atoms with Crippen LogP contribution in [-0.2, 0) is 6.54 Å². The highest BCUT2D eigenvalue weighted by Crippen LogP contribution is 2.14. The van der Waals surface area contributed by atoms with Crippen molar-refractivity contribution in [2.24, 2.45) is 16.8 Å². The first-order chi connectivity index (χ1) is 9.72. The number of nitrogens with zero attached hydrogens (tertiary/aromatic N) is 3. The highest BCUT2D eigenvalue weighted by molar-refractivity contribution is 5.95. The third-order valence-electron chi connectivity index (χ3n) is 3.77. The van der Waals surface area contributed by atoms with Crippen molar-refractivity contribution in [3.63, 3.8) is 0 Å². The Morgan fingerprint density at radius 2 is 2.50 bits per heavy atom. The van der Waals surface area contributed by atoms with Gasteiger partial charge in [0.05, 0.1) is 0 Å². The van der Waals surface area contributed by atoms with Crippen LogP contribution < -0.4 is 11.1 Å². The Balaban J connectivity index is 1.80. The Bertz CT molecular complexity index is 463. The lowest BCUT2D eigenvalue weighted by Gasteiger charge is -2.13. The molecular weight excluding hydrogens is 254 g/mol. The monoisotopic (exact) mass is 277 g/mol. The summed E-state index contributed by atoms with van der Waals surface area (Å²) in [6, 6.07) is 3.78. The number of rotatable bonds is 6. The van der Waals surface area contributed by atoms with Gasteiger partial charge in [0.2, 0.25) is 0 Å². The molecule has 1 saturated heterocycles.